The van der Waals surface area contributed by atoms with Crippen LogP contribution in [-0.2, 0) is 0 Å². The number of ether oxygens (including phenoxy) is 2. The monoisotopic (exact) mass is 417 g/mol. The average Bonchev–Trinajstić information content (AvgIpc) is 2.88. The molecule has 0 saturated heterocycles. The smallest absolute Gasteiger partial charge is 0.118 e. The number of hydrogen-bond donors (Lipinski definition) is 0. The van der Waals surface area contributed by atoms with Crippen LogP contribution in [0.3, 0.4) is 0 Å². The molecule has 0 N–H and O–H groups in total. The minimum atomic E-state index is 0.829. The molecule has 5 aromatic rings. The second kappa shape index (κ2) is 8.56. The van der Waals surface area contributed by atoms with E-state index in [1.165, 1.54) is 10.8 Å². The molecule has 0 unspecified atom stereocenters. The van der Waals surface area contributed by atoms with Crippen LogP contribution < -0.4 is 9.47 Å². The Morgan fingerprint density at radius 2 is 0.969 bits per heavy atom. The lowest BCUT2D eigenvalue weighted by atomic mass is 9.98. The number of hydrogen-bond acceptors (Lipinski definition) is 3. The zero-order chi connectivity index (χ0) is 21.9. The first kappa shape index (κ1) is 19.8. The van der Waals surface area contributed by atoms with Gasteiger partial charge in [-0.2, -0.15) is 0 Å². The van der Waals surface area contributed by atoms with Gasteiger partial charge in [0.1, 0.15) is 11.5 Å². The molecule has 32 heavy (non-hydrogen) atoms. The van der Waals surface area contributed by atoms with Crippen molar-refractivity contribution in [2.45, 2.75) is 0 Å². The molecule has 1 aromatic heterocycles. The number of benzene rings is 4. The molecule has 0 saturated carbocycles. The topological polar surface area (TPSA) is 31.4 Å². The predicted octanol–water partition coefficient (Wildman–Crippen LogP) is 7.25. The highest BCUT2D eigenvalue weighted by Crippen LogP contribution is 2.32. The van der Waals surface area contributed by atoms with Gasteiger partial charge in [0.05, 0.1) is 25.6 Å². The second-order valence-corrected chi connectivity index (χ2v) is 7.65. The van der Waals surface area contributed by atoms with Crippen LogP contribution in [0.1, 0.15) is 0 Å². The molecule has 0 fully saturated rings. The summed E-state index contributed by atoms with van der Waals surface area (Å²) in [6.07, 6.45) is 0. The van der Waals surface area contributed by atoms with E-state index in [0.29, 0.717) is 0 Å². The summed E-state index contributed by atoms with van der Waals surface area (Å²) in [6.45, 7) is 0. The number of pyridine rings is 1. The number of rotatable bonds is 5. The first-order valence-corrected chi connectivity index (χ1v) is 10.5. The van der Waals surface area contributed by atoms with Crippen LogP contribution in [0.2, 0.25) is 0 Å². The molecular weight excluding hydrogens is 394 g/mol. The second-order valence-electron chi connectivity index (χ2n) is 7.65. The molecule has 0 amide bonds. The Hall–Kier alpha value is -4.11. The van der Waals surface area contributed by atoms with E-state index < -0.39 is 0 Å². The van der Waals surface area contributed by atoms with Gasteiger partial charge in [0, 0.05) is 11.1 Å². The standard InChI is InChI=1S/C29H23NO2/c1-31-26-13-9-21(10-14-26)28-18-25(24-8-7-20-5-3-4-6-23(20)17-24)19-29(30-28)22-11-15-27(32-2)16-12-22/h3-19H,1-2H3. The third kappa shape index (κ3) is 3.93. The molecule has 4 aromatic carbocycles. The molecule has 0 aliphatic heterocycles. The van der Waals surface area contributed by atoms with E-state index in [4.69, 9.17) is 14.5 Å². The fraction of sp³-hybridized carbons (Fsp3) is 0.0690. The van der Waals surface area contributed by atoms with Crippen molar-refractivity contribution >= 4 is 10.8 Å². The van der Waals surface area contributed by atoms with Gasteiger partial charge >= 0.3 is 0 Å². The Bertz CT molecular complexity index is 1310. The van der Waals surface area contributed by atoms with E-state index >= 15 is 0 Å². The summed E-state index contributed by atoms with van der Waals surface area (Å²) >= 11 is 0. The van der Waals surface area contributed by atoms with E-state index in [-0.39, 0.29) is 0 Å². The van der Waals surface area contributed by atoms with Gasteiger partial charge in [0.25, 0.3) is 0 Å². The van der Waals surface area contributed by atoms with E-state index in [9.17, 15) is 0 Å². The quantitative estimate of drug-likeness (QED) is 0.302. The molecule has 0 spiro atoms. The molecule has 156 valence electrons. The molecule has 0 bridgehead atoms. The molecule has 5 rings (SSSR count). The van der Waals surface area contributed by atoms with Crippen molar-refractivity contribution in [2.75, 3.05) is 14.2 Å². The van der Waals surface area contributed by atoms with E-state index in [0.717, 1.165) is 45.1 Å². The minimum Gasteiger partial charge on any atom is -0.497 e. The van der Waals surface area contributed by atoms with Crippen LogP contribution in [0.25, 0.3) is 44.4 Å². The first-order valence-electron chi connectivity index (χ1n) is 10.5. The van der Waals surface area contributed by atoms with Crippen molar-refractivity contribution in [3.05, 3.63) is 103 Å². The van der Waals surface area contributed by atoms with Gasteiger partial charge in [-0.1, -0.05) is 36.4 Å². The molecule has 0 aliphatic rings. The third-order valence-electron chi connectivity index (χ3n) is 5.68. The normalized spacial score (nSPS) is 10.8. The number of methoxy groups -OCH3 is 2. The van der Waals surface area contributed by atoms with Gasteiger partial charge in [-0.15, -0.1) is 0 Å². The average molecular weight is 418 g/mol. The minimum absolute atomic E-state index is 0.829. The van der Waals surface area contributed by atoms with E-state index in [1.54, 1.807) is 14.2 Å². The SMILES string of the molecule is COc1ccc(-c2cc(-c3ccc4ccccc4c3)cc(-c3ccc(OC)cc3)n2)cc1. The highest BCUT2D eigenvalue weighted by Gasteiger charge is 2.10. The highest BCUT2D eigenvalue weighted by atomic mass is 16.5. The molecule has 1 heterocycles. The largest absolute Gasteiger partial charge is 0.497 e. The fourth-order valence-corrected chi connectivity index (χ4v) is 3.89. The van der Waals surface area contributed by atoms with Crippen LogP contribution in [0.15, 0.2) is 103 Å². The summed E-state index contributed by atoms with van der Waals surface area (Å²) in [4.78, 5) is 4.99. The van der Waals surface area contributed by atoms with Crippen molar-refractivity contribution in [3.8, 4) is 45.1 Å². The zero-order valence-corrected chi connectivity index (χ0v) is 18.1. The molecule has 0 atom stereocenters. The van der Waals surface area contributed by atoms with Gasteiger partial charge in [0.2, 0.25) is 0 Å². The van der Waals surface area contributed by atoms with Crippen molar-refractivity contribution in [3.63, 3.8) is 0 Å². The highest BCUT2D eigenvalue weighted by molar-refractivity contribution is 5.88. The van der Waals surface area contributed by atoms with Gasteiger partial charge in [-0.3, -0.25) is 0 Å². The van der Waals surface area contributed by atoms with Crippen molar-refractivity contribution < 1.29 is 9.47 Å². The lowest BCUT2D eigenvalue weighted by Crippen LogP contribution is -1.92. The molecule has 3 nitrogen and oxygen atoms in total. The van der Waals surface area contributed by atoms with E-state index in [1.807, 2.05) is 48.5 Å². The summed E-state index contributed by atoms with van der Waals surface area (Å²) in [5, 5.41) is 2.45. The Morgan fingerprint density at radius 1 is 0.469 bits per heavy atom. The lowest BCUT2D eigenvalue weighted by molar-refractivity contribution is 0.415. The Morgan fingerprint density at radius 3 is 1.50 bits per heavy atom. The zero-order valence-electron chi connectivity index (χ0n) is 18.1. The molecular formula is C29H23NO2. The molecule has 0 radical (unpaired) electrons. The maximum Gasteiger partial charge on any atom is 0.118 e. The summed E-state index contributed by atoms with van der Waals surface area (Å²) < 4.78 is 10.6. The number of aromatic nitrogens is 1. The fourth-order valence-electron chi connectivity index (χ4n) is 3.89. The van der Waals surface area contributed by atoms with Gasteiger partial charge in [-0.05, 0) is 88.6 Å². The van der Waals surface area contributed by atoms with Crippen LogP contribution in [0, 0.1) is 0 Å². The number of nitrogens with zero attached hydrogens (tertiary/aromatic N) is 1. The van der Waals surface area contributed by atoms with E-state index in [2.05, 4.69) is 54.6 Å². The summed E-state index contributed by atoms with van der Waals surface area (Å²) in [7, 11) is 3.35. The van der Waals surface area contributed by atoms with Gasteiger partial charge in [-0.25, -0.2) is 4.98 Å². The number of fused-ring (bicyclic) bond motifs is 1. The van der Waals surface area contributed by atoms with Crippen LogP contribution in [0.4, 0.5) is 0 Å². The van der Waals surface area contributed by atoms with Crippen LogP contribution >= 0.6 is 0 Å². The third-order valence-corrected chi connectivity index (χ3v) is 5.68. The summed E-state index contributed by atoms with van der Waals surface area (Å²) in [5.74, 6) is 1.66. The Labute approximate surface area is 187 Å². The van der Waals surface area contributed by atoms with Gasteiger partial charge < -0.3 is 9.47 Å². The van der Waals surface area contributed by atoms with Crippen molar-refractivity contribution in [1.29, 1.82) is 0 Å². The molecule has 3 heteroatoms. The first-order chi connectivity index (χ1) is 15.7. The van der Waals surface area contributed by atoms with Gasteiger partial charge in [0.15, 0.2) is 0 Å². The Kier molecular flexibility index (Phi) is 5.30. The summed E-state index contributed by atoms with van der Waals surface area (Å²) in [6, 6.07) is 35.3. The van der Waals surface area contributed by atoms with Crippen molar-refractivity contribution in [2.24, 2.45) is 0 Å². The maximum atomic E-state index is 5.32. The maximum absolute atomic E-state index is 5.32. The Balaban J connectivity index is 1.66. The summed E-state index contributed by atoms with van der Waals surface area (Å²) in [5.41, 5.74) is 6.22. The van der Waals surface area contributed by atoms with Crippen molar-refractivity contribution in [1.82, 2.24) is 4.98 Å². The van der Waals surface area contributed by atoms with Crippen LogP contribution in [0.5, 0.6) is 11.5 Å². The molecule has 0 aliphatic carbocycles. The predicted molar refractivity (Wildman–Crippen MR) is 131 cm³/mol. The van der Waals surface area contributed by atoms with Crippen LogP contribution in [-0.4, -0.2) is 19.2 Å². The lowest BCUT2D eigenvalue weighted by Gasteiger charge is -2.12.